The molecule has 0 saturated heterocycles. The van der Waals surface area contributed by atoms with Crippen LogP contribution >= 0.6 is 46.9 Å². The molecule has 0 N–H and O–H groups in total. The van der Waals surface area contributed by atoms with Gasteiger partial charge in [-0.05, 0) is 31.7 Å². The lowest BCUT2D eigenvalue weighted by atomic mass is 10.0. The highest BCUT2D eigenvalue weighted by molar-refractivity contribution is 7.12. The number of hydrogen-bond donors (Lipinski definition) is 0. The van der Waals surface area contributed by atoms with Crippen molar-refractivity contribution in [2.24, 2.45) is 0 Å². The van der Waals surface area contributed by atoms with Crippen LogP contribution in [0.15, 0.2) is 24.3 Å². The fraction of sp³-hybridized carbons (Fsp3) is 0.375. The van der Waals surface area contributed by atoms with Gasteiger partial charge < -0.3 is 4.74 Å². The van der Waals surface area contributed by atoms with Crippen LogP contribution in [0.5, 0.6) is 5.75 Å². The normalized spacial score (nSPS) is 17.7. The first kappa shape index (κ1) is 17.9. The van der Waals surface area contributed by atoms with Gasteiger partial charge in [-0.15, -0.1) is 23.7 Å². The topological polar surface area (TPSA) is 12.5 Å². The number of halogens is 3. The van der Waals surface area contributed by atoms with E-state index in [9.17, 15) is 0 Å². The average molecular weight is 379 g/mol. The van der Waals surface area contributed by atoms with Crippen LogP contribution in [-0.4, -0.2) is 18.0 Å². The number of benzene rings is 1. The molecule has 2 nitrogen and oxygen atoms in total. The Morgan fingerprint density at radius 1 is 1.27 bits per heavy atom. The van der Waals surface area contributed by atoms with Gasteiger partial charge >= 0.3 is 0 Å². The first-order valence-electron chi connectivity index (χ1n) is 7.00. The van der Waals surface area contributed by atoms with Crippen LogP contribution in [0.1, 0.15) is 28.3 Å². The largest absolute Gasteiger partial charge is 0.484 e. The van der Waals surface area contributed by atoms with Crippen LogP contribution in [-0.2, 0) is 6.54 Å². The summed E-state index contributed by atoms with van der Waals surface area (Å²) in [7, 11) is 0. The van der Waals surface area contributed by atoms with E-state index >= 15 is 0 Å². The molecule has 0 aliphatic carbocycles. The Labute approximate surface area is 151 Å². The van der Waals surface area contributed by atoms with E-state index < -0.39 is 0 Å². The van der Waals surface area contributed by atoms with Crippen LogP contribution in [0.2, 0.25) is 10.0 Å². The van der Waals surface area contributed by atoms with Gasteiger partial charge in [0.1, 0.15) is 11.9 Å². The van der Waals surface area contributed by atoms with Gasteiger partial charge in [0.25, 0.3) is 0 Å². The fourth-order valence-electron chi connectivity index (χ4n) is 2.63. The maximum atomic E-state index is 6.18. The summed E-state index contributed by atoms with van der Waals surface area (Å²) in [6, 6.07) is 7.68. The van der Waals surface area contributed by atoms with E-state index in [1.54, 1.807) is 12.1 Å². The number of aryl methyl sites for hydroxylation is 1. The van der Waals surface area contributed by atoms with Crippen molar-refractivity contribution in [3.05, 3.63) is 49.6 Å². The summed E-state index contributed by atoms with van der Waals surface area (Å²) < 4.78 is 6.18. The van der Waals surface area contributed by atoms with Crippen molar-refractivity contribution in [3.63, 3.8) is 0 Å². The molecule has 1 aliphatic heterocycles. The molecule has 0 saturated carbocycles. The number of nitrogens with zero attached hydrogens (tertiary/aromatic N) is 1. The van der Waals surface area contributed by atoms with Crippen molar-refractivity contribution < 1.29 is 4.74 Å². The minimum absolute atomic E-state index is 0. The number of likely N-dealkylation sites (N-methyl/N-ethyl adjacent to an activating group) is 1. The monoisotopic (exact) mass is 377 g/mol. The zero-order valence-corrected chi connectivity index (χ0v) is 15.6. The number of thiophene rings is 1. The van der Waals surface area contributed by atoms with Gasteiger partial charge in [-0.3, -0.25) is 4.90 Å². The SMILES string of the molecule is CCN1Cc2sc(C)cc2C(Oc2ccc(Cl)c(Cl)c2)C1.Cl. The summed E-state index contributed by atoms with van der Waals surface area (Å²) in [5.74, 6) is 0.766. The Kier molecular flexibility index (Phi) is 6.03. The van der Waals surface area contributed by atoms with Gasteiger partial charge in [0, 0.05) is 34.5 Å². The summed E-state index contributed by atoms with van der Waals surface area (Å²) in [5.41, 5.74) is 1.31. The smallest absolute Gasteiger partial charge is 0.137 e. The standard InChI is InChI=1S/C16H17Cl2NOS.ClH/c1-3-19-8-15(12-6-10(2)21-16(12)9-19)20-11-4-5-13(17)14(18)7-11;/h4-7,15H,3,8-9H2,1-2H3;1H. The Morgan fingerprint density at radius 3 is 2.73 bits per heavy atom. The lowest BCUT2D eigenvalue weighted by Gasteiger charge is -2.32. The summed E-state index contributed by atoms with van der Waals surface area (Å²) in [5, 5.41) is 1.08. The second-order valence-electron chi connectivity index (χ2n) is 5.25. The minimum Gasteiger partial charge on any atom is -0.484 e. The lowest BCUT2D eigenvalue weighted by Crippen LogP contribution is -2.34. The molecule has 3 rings (SSSR count). The molecule has 1 aliphatic rings. The van der Waals surface area contributed by atoms with Gasteiger partial charge in [-0.25, -0.2) is 0 Å². The molecular formula is C16H18Cl3NOS. The van der Waals surface area contributed by atoms with Gasteiger partial charge in [0.2, 0.25) is 0 Å². The molecule has 0 radical (unpaired) electrons. The van der Waals surface area contributed by atoms with Gasteiger partial charge in [0.05, 0.1) is 10.0 Å². The Morgan fingerprint density at radius 2 is 2.05 bits per heavy atom. The maximum Gasteiger partial charge on any atom is 0.137 e. The molecule has 1 aromatic carbocycles. The molecule has 6 heteroatoms. The van der Waals surface area contributed by atoms with Crippen molar-refractivity contribution >= 4 is 46.9 Å². The molecule has 22 heavy (non-hydrogen) atoms. The second kappa shape index (κ2) is 7.41. The van der Waals surface area contributed by atoms with E-state index in [2.05, 4.69) is 24.8 Å². The van der Waals surface area contributed by atoms with Crippen molar-refractivity contribution in [1.29, 1.82) is 0 Å². The van der Waals surface area contributed by atoms with E-state index in [4.69, 9.17) is 27.9 Å². The summed E-state index contributed by atoms with van der Waals surface area (Å²) in [6.45, 7) is 7.28. The molecule has 0 amide bonds. The maximum absolute atomic E-state index is 6.18. The second-order valence-corrected chi connectivity index (χ2v) is 7.40. The molecule has 2 heterocycles. The summed E-state index contributed by atoms with van der Waals surface area (Å²) in [4.78, 5) is 5.15. The first-order valence-corrected chi connectivity index (χ1v) is 8.57. The molecular weight excluding hydrogens is 361 g/mol. The van der Waals surface area contributed by atoms with Gasteiger partial charge in [0.15, 0.2) is 0 Å². The third-order valence-corrected chi connectivity index (χ3v) is 5.51. The lowest BCUT2D eigenvalue weighted by molar-refractivity contribution is 0.117. The van der Waals surface area contributed by atoms with Crippen molar-refractivity contribution in [2.75, 3.05) is 13.1 Å². The Balaban J connectivity index is 0.00000176. The highest BCUT2D eigenvalue weighted by atomic mass is 35.5. The average Bonchev–Trinajstić information content (AvgIpc) is 2.83. The molecule has 2 aromatic rings. The van der Waals surface area contributed by atoms with Crippen LogP contribution in [0.3, 0.4) is 0 Å². The molecule has 120 valence electrons. The van der Waals surface area contributed by atoms with Gasteiger partial charge in [-0.1, -0.05) is 30.1 Å². The van der Waals surface area contributed by atoms with Crippen molar-refractivity contribution in [3.8, 4) is 5.75 Å². The highest BCUT2D eigenvalue weighted by Crippen LogP contribution is 2.37. The zero-order chi connectivity index (χ0) is 15.0. The number of hydrogen-bond acceptors (Lipinski definition) is 3. The molecule has 0 fully saturated rings. The quantitative estimate of drug-likeness (QED) is 0.675. The van der Waals surface area contributed by atoms with Crippen LogP contribution in [0.4, 0.5) is 0 Å². The number of fused-ring (bicyclic) bond motifs is 1. The van der Waals surface area contributed by atoms with Crippen LogP contribution < -0.4 is 4.74 Å². The molecule has 1 unspecified atom stereocenters. The van der Waals surface area contributed by atoms with Crippen LogP contribution in [0, 0.1) is 6.92 Å². The van der Waals surface area contributed by atoms with E-state index in [1.807, 2.05) is 17.4 Å². The first-order chi connectivity index (χ1) is 10.1. The predicted octanol–water partition coefficient (Wildman–Crippen LogP) is 5.74. The van der Waals surface area contributed by atoms with Gasteiger partial charge in [-0.2, -0.15) is 0 Å². The molecule has 0 spiro atoms. The fourth-order valence-corrected chi connectivity index (χ4v) is 4.05. The Bertz CT molecular complexity index is 659. The number of ether oxygens (including phenoxy) is 1. The predicted molar refractivity (Wildman–Crippen MR) is 97.1 cm³/mol. The highest BCUT2D eigenvalue weighted by Gasteiger charge is 2.28. The molecule has 1 aromatic heterocycles. The van der Waals surface area contributed by atoms with E-state index in [0.717, 1.165) is 25.4 Å². The summed E-state index contributed by atoms with van der Waals surface area (Å²) in [6.07, 6.45) is 0.0518. The third kappa shape index (κ3) is 3.72. The summed E-state index contributed by atoms with van der Waals surface area (Å²) >= 11 is 13.9. The van der Waals surface area contributed by atoms with Crippen molar-refractivity contribution in [2.45, 2.75) is 26.5 Å². The van der Waals surface area contributed by atoms with Crippen LogP contribution in [0.25, 0.3) is 0 Å². The third-order valence-electron chi connectivity index (χ3n) is 3.72. The van der Waals surface area contributed by atoms with E-state index in [1.165, 1.54) is 15.3 Å². The zero-order valence-electron chi connectivity index (χ0n) is 12.4. The van der Waals surface area contributed by atoms with E-state index in [0.29, 0.717) is 10.0 Å². The molecule has 0 bridgehead atoms. The Hall–Kier alpha value is -0.450. The van der Waals surface area contributed by atoms with Crippen molar-refractivity contribution in [1.82, 2.24) is 4.90 Å². The number of rotatable bonds is 3. The minimum atomic E-state index is 0. The van der Waals surface area contributed by atoms with E-state index in [-0.39, 0.29) is 18.5 Å². The molecule has 1 atom stereocenters.